The third-order valence-electron chi connectivity index (χ3n) is 5.02. The van der Waals surface area contributed by atoms with Gasteiger partial charge in [0.25, 0.3) is 5.69 Å². The van der Waals surface area contributed by atoms with Gasteiger partial charge >= 0.3 is 0 Å². The Hall–Kier alpha value is -2.82. The number of ketones is 2. The Kier molecular flexibility index (Phi) is 7.43. The van der Waals surface area contributed by atoms with E-state index in [1.54, 1.807) is 38.1 Å². The quantitative estimate of drug-likeness (QED) is 0.208. The van der Waals surface area contributed by atoms with Crippen LogP contribution in [0.1, 0.15) is 98.1 Å². The Morgan fingerprint density at radius 2 is 1.34 bits per heavy atom. The van der Waals surface area contributed by atoms with Crippen LogP contribution in [0.25, 0.3) is 0 Å². The minimum atomic E-state index is -0.118. The zero-order chi connectivity index (χ0) is 21.7. The van der Waals surface area contributed by atoms with E-state index in [4.69, 9.17) is 0 Å². The van der Waals surface area contributed by atoms with Crippen LogP contribution in [0.2, 0.25) is 0 Å². The van der Waals surface area contributed by atoms with Crippen molar-refractivity contribution in [1.82, 2.24) is 0 Å². The van der Waals surface area contributed by atoms with Gasteiger partial charge < -0.3 is 5.21 Å². The van der Waals surface area contributed by atoms with Gasteiger partial charge in [-0.3, -0.25) is 9.59 Å². The van der Waals surface area contributed by atoms with Gasteiger partial charge in [-0.15, -0.1) is 0 Å². The highest BCUT2D eigenvalue weighted by atomic mass is 16.5. The van der Waals surface area contributed by atoms with Gasteiger partial charge in [0.05, 0.1) is 5.56 Å². The number of hydrogen-bond acceptors (Lipinski definition) is 4. The van der Waals surface area contributed by atoms with E-state index in [1.807, 2.05) is 39.8 Å². The molecule has 0 aromatic heterocycles. The third kappa shape index (κ3) is 5.17. The number of Topliss-reactive ketones (excluding diaryl/α,β-unsaturated/α-hetero) is 2. The molecule has 0 atom stereocenters. The summed E-state index contributed by atoms with van der Waals surface area (Å²) in [6.07, 6.45) is 0.620. The highest BCUT2D eigenvalue weighted by Crippen LogP contribution is 2.31. The molecule has 2 aromatic carbocycles. The molecule has 0 bridgehead atoms. The van der Waals surface area contributed by atoms with Gasteiger partial charge in [-0.25, -0.2) is 0 Å². The SMILES string of the molecule is CCC(=O)c1ccc(C(C)C)cc1N=[N+]([O-])c1cc(C(C)C)ccc1C(=O)CC. The van der Waals surface area contributed by atoms with E-state index in [0.717, 1.165) is 11.1 Å². The van der Waals surface area contributed by atoms with Crippen LogP contribution in [-0.2, 0) is 0 Å². The van der Waals surface area contributed by atoms with Crippen molar-refractivity contribution in [2.75, 3.05) is 0 Å². The topological polar surface area (TPSA) is 72.6 Å². The van der Waals surface area contributed by atoms with E-state index in [2.05, 4.69) is 5.11 Å². The first-order valence-corrected chi connectivity index (χ1v) is 10.2. The van der Waals surface area contributed by atoms with E-state index in [-0.39, 0.29) is 29.1 Å². The van der Waals surface area contributed by atoms with Crippen LogP contribution in [-0.4, -0.2) is 16.4 Å². The fourth-order valence-corrected chi connectivity index (χ4v) is 3.06. The Labute approximate surface area is 173 Å². The first-order chi connectivity index (χ1) is 13.7. The van der Waals surface area contributed by atoms with Gasteiger partial charge in [0.2, 0.25) is 0 Å². The second-order valence-electron chi connectivity index (χ2n) is 7.79. The normalized spacial score (nSPS) is 11.9. The predicted molar refractivity (Wildman–Crippen MR) is 116 cm³/mol. The lowest BCUT2D eigenvalue weighted by Crippen LogP contribution is -2.05. The van der Waals surface area contributed by atoms with E-state index < -0.39 is 0 Å². The average Bonchev–Trinajstić information content (AvgIpc) is 2.71. The fourth-order valence-electron chi connectivity index (χ4n) is 3.06. The zero-order valence-electron chi connectivity index (χ0n) is 18.2. The van der Waals surface area contributed by atoms with E-state index in [1.165, 1.54) is 0 Å². The monoisotopic (exact) mass is 394 g/mol. The van der Waals surface area contributed by atoms with Crippen LogP contribution in [0.3, 0.4) is 0 Å². The van der Waals surface area contributed by atoms with Crippen LogP contribution in [0.4, 0.5) is 11.4 Å². The molecule has 0 aliphatic carbocycles. The molecule has 0 aliphatic rings. The molecule has 0 unspecified atom stereocenters. The van der Waals surface area contributed by atoms with Crippen molar-refractivity contribution >= 4 is 22.9 Å². The molecule has 2 aromatic rings. The summed E-state index contributed by atoms with van der Waals surface area (Å²) in [6, 6.07) is 10.7. The Morgan fingerprint density at radius 3 is 1.86 bits per heavy atom. The highest BCUT2D eigenvalue weighted by Gasteiger charge is 2.21. The summed E-state index contributed by atoms with van der Waals surface area (Å²) in [6.45, 7) is 11.7. The summed E-state index contributed by atoms with van der Waals surface area (Å²) >= 11 is 0. The smallest absolute Gasteiger partial charge is 0.255 e. The van der Waals surface area contributed by atoms with Crippen molar-refractivity contribution in [3.8, 4) is 0 Å². The summed E-state index contributed by atoms with van der Waals surface area (Å²) in [7, 11) is 0. The minimum absolute atomic E-state index is 0.0757. The number of azo groups is 1. The molecule has 0 radical (unpaired) electrons. The lowest BCUT2D eigenvalue weighted by atomic mass is 9.98. The number of nitrogens with zero attached hydrogens (tertiary/aromatic N) is 2. The molecular weight excluding hydrogens is 364 g/mol. The first kappa shape index (κ1) is 22.5. The molecule has 0 N–H and O–H groups in total. The minimum Gasteiger partial charge on any atom is -0.594 e. The van der Waals surface area contributed by atoms with Crippen molar-refractivity contribution in [1.29, 1.82) is 0 Å². The third-order valence-corrected chi connectivity index (χ3v) is 5.02. The molecule has 0 saturated carbocycles. The predicted octanol–water partition coefficient (Wildman–Crippen LogP) is 7.04. The summed E-state index contributed by atoms with van der Waals surface area (Å²) in [5, 5.41) is 17.3. The maximum atomic E-state index is 13.1. The lowest BCUT2D eigenvalue weighted by molar-refractivity contribution is -0.435. The molecule has 0 heterocycles. The van der Waals surface area contributed by atoms with Gasteiger partial charge in [-0.1, -0.05) is 53.7 Å². The standard InChI is InChI=1S/C24H30N2O3/c1-7-23(27)19-11-9-17(15(3)4)13-21(19)25-26(29)22-14-18(16(5)6)10-12-20(22)24(28)8-2/h9-16H,7-8H2,1-6H3. The number of benzene rings is 2. The van der Waals surface area contributed by atoms with Crippen molar-refractivity contribution in [2.24, 2.45) is 5.11 Å². The molecule has 154 valence electrons. The number of rotatable bonds is 8. The second kappa shape index (κ2) is 9.59. The van der Waals surface area contributed by atoms with Crippen molar-refractivity contribution in [3.63, 3.8) is 0 Å². The van der Waals surface area contributed by atoms with Crippen LogP contribution in [0.5, 0.6) is 0 Å². The lowest BCUT2D eigenvalue weighted by Gasteiger charge is -2.12. The van der Waals surface area contributed by atoms with Crippen LogP contribution < -0.4 is 0 Å². The van der Waals surface area contributed by atoms with E-state index >= 15 is 0 Å². The molecule has 29 heavy (non-hydrogen) atoms. The zero-order valence-corrected chi connectivity index (χ0v) is 18.2. The first-order valence-electron chi connectivity index (χ1n) is 10.2. The second-order valence-corrected chi connectivity index (χ2v) is 7.79. The summed E-state index contributed by atoms with van der Waals surface area (Å²) in [4.78, 5) is 25.2. The van der Waals surface area contributed by atoms with Gasteiger partial charge in [0.15, 0.2) is 11.6 Å². The van der Waals surface area contributed by atoms with Crippen LogP contribution in [0, 0.1) is 5.21 Å². The Balaban J connectivity index is 2.68. The van der Waals surface area contributed by atoms with Crippen LogP contribution >= 0.6 is 0 Å². The molecule has 0 spiro atoms. The maximum Gasteiger partial charge on any atom is 0.255 e. The van der Waals surface area contributed by atoms with Crippen molar-refractivity contribution in [3.05, 3.63) is 63.9 Å². The van der Waals surface area contributed by atoms with Crippen LogP contribution in [0.15, 0.2) is 41.5 Å². The molecule has 5 heteroatoms. The molecule has 0 fully saturated rings. The molecule has 5 nitrogen and oxygen atoms in total. The highest BCUT2D eigenvalue weighted by molar-refractivity contribution is 6.01. The summed E-state index contributed by atoms with van der Waals surface area (Å²) in [5.41, 5.74) is 3.26. The van der Waals surface area contributed by atoms with E-state index in [9.17, 15) is 14.8 Å². The number of carbonyl (C=O) groups is 2. The Bertz CT molecular complexity index is 943. The molecule has 0 amide bonds. The summed E-state index contributed by atoms with van der Waals surface area (Å²) < 4.78 is 0. The molecular formula is C24H30N2O3. The largest absolute Gasteiger partial charge is 0.594 e. The molecule has 0 aliphatic heterocycles. The average molecular weight is 395 g/mol. The van der Waals surface area contributed by atoms with Gasteiger partial charge in [-0.05, 0) is 46.0 Å². The Morgan fingerprint density at radius 1 is 0.862 bits per heavy atom. The van der Waals surface area contributed by atoms with Gasteiger partial charge in [-0.2, -0.15) is 0 Å². The van der Waals surface area contributed by atoms with E-state index in [0.29, 0.717) is 34.5 Å². The summed E-state index contributed by atoms with van der Waals surface area (Å²) in [5.74, 6) is 0.242. The maximum absolute atomic E-state index is 13.1. The molecule has 2 rings (SSSR count). The van der Waals surface area contributed by atoms with Crippen molar-refractivity contribution < 1.29 is 14.4 Å². The molecule has 0 saturated heterocycles. The van der Waals surface area contributed by atoms with Gasteiger partial charge in [0, 0.05) is 29.6 Å². The van der Waals surface area contributed by atoms with Gasteiger partial charge in [0.1, 0.15) is 5.69 Å². The van der Waals surface area contributed by atoms with Crippen molar-refractivity contribution in [2.45, 2.75) is 66.2 Å². The number of carbonyl (C=O) groups excluding carboxylic acids is 2. The fraction of sp³-hybridized carbons (Fsp3) is 0.417. The number of hydrogen-bond donors (Lipinski definition) is 0.